The minimum Gasteiger partial charge on any atom is -0.324 e. The zero-order valence-corrected chi connectivity index (χ0v) is 12.9. The van der Waals surface area contributed by atoms with Gasteiger partial charge in [-0.1, -0.05) is 18.2 Å². The molecule has 1 amide bonds. The van der Waals surface area contributed by atoms with E-state index in [1.165, 1.54) is 23.9 Å². The summed E-state index contributed by atoms with van der Waals surface area (Å²) in [6.07, 6.45) is 0. The molecule has 0 aliphatic carbocycles. The summed E-state index contributed by atoms with van der Waals surface area (Å²) in [6.45, 7) is 0. The van der Waals surface area contributed by atoms with Gasteiger partial charge in [-0.15, -0.1) is 11.8 Å². The van der Waals surface area contributed by atoms with E-state index >= 15 is 0 Å². The Balaban J connectivity index is 1.91. The predicted molar refractivity (Wildman–Crippen MR) is 84.9 cm³/mol. The van der Waals surface area contributed by atoms with Crippen molar-refractivity contribution in [1.29, 1.82) is 0 Å². The second-order valence-corrected chi connectivity index (χ2v) is 5.99. The van der Waals surface area contributed by atoms with Gasteiger partial charge in [-0.2, -0.15) is 0 Å². The number of benzene rings is 2. The monoisotopic (exact) mass is 387 g/mol. The first-order valence-corrected chi connectivity index (χ1v) is 7.64. The van der Waals surface area contributed by atoms with E-state index in [0.717, 1.165) is 4.90 Å². The minimum atomic E-state index is -0.305. The smallest absolute Gasteiger partial charge is 0.234 e. The molecule has 0 atom stereocenters. The Hall–Kier alpha value is -1.08. The maximum atomic E-state index is 12.9. The second kappa shape index (κ2) is 6.91. The van der Waals surface area contributed by atoms with E-state index in [4.69, 9.17) is 0 Å². The number of halogens is 2. The van der Waals surface area contributed by atoms with Gasteiger partial charge in [0.05, 0.1) is 11.4 Å². The third-order valence-corrected chi connectivity index (χ3v) is 4.22. The fourth-order valence-electron chi connectivity index (χ4n) is 1.44. The highest BCUT2D eigenvalue weighted by Gasteiger charge is 2.07. The zero-order valence-electron chi connectivity index (χ0n) is 9.90. The van der Waals surface area contributed by atoms with Gasteiger partial charge in [0.1, 0.15) is 5.82 Å². The van der Waals surface area contributed by atoms with Crippen LogP contribution in [0.15, 0.2) is 53.4 Å². The van der Waals surface area contributed by atoms with Gasteiger partial charge in [0.2, 0.25) is 5.91 Å². The van der Waals surface area contributed by atoms with Gasteiger partial charge in [-0.3, -0.25) is 4.79 Å². The van der Waals surface area contributed by atoms with Crippen LogP contribution in [0.3, 0.4) is 0 Å². The summed E-state index contributed by atoms with van der Waals surface area (Å²) in [7, 11) is 0. The SMILES string of the molecule is O=C(CSc1ccccc1)Nc1ccc(F)cc1I. The molecule has 0 heterocycles. The number of rotatable bonds is 4. The molecule has 2 aromatic rings. The molecule has 0 saturated carbocycles. The van der Waals surface area contributed by atoms with Crippen LogP contribution in [0.1, 0.15) is 0 Å². The third kappa shape index (κ3) is 4.50. The van der Waals surface area contributed by atoms with Crippen molar-refractivity contribution in [1.82, 2.24) is 0 Å². The number of hydrogen-bond donors (Lipinski definition) is 1. The normalized spacial score (nSPS) is 10.2. The predicted octanol–water partition coefficient (Wildman–Crippen LogP) is 4.16. The molecule has 0 radical (unpaired) electrons. The highest BCUT2D eigenvalue weighted by atomic mass is 127. The van der Waals surface area contributed by atoms with Crippen molar-refractivity contribution in [2.45, 2.75) is 4.90 Å². The highest BCUT2D eigenvalue weighted by Crippen LogP contribution is 2.21. The summed E-state index contributed by atoms with van der Waals surface area (Å²) in [5.74, 6) is -0.0725. The van der Waals surface area contributed by atoms with E-state index < -0.39 is 0 Å². The molecular weight excluding hydrogens is 376 g/mol. The number of amides is 1. The molecule has 98 valence electrons. The average molecular weight is 387 g/mol. The Bertz CT molecular complexity index is 577. The number of carbonyl (C=O) groups is 1. The largest absolute Gasteiger partial charge is 0.324 e. The molecule has 1 N–H and O–H groups in total. The second-order valence-electron chi connectivity index (χ2n) is 3.77. The van der Waals surface area contributed by atoms with E-state index in [9.17, 15) is 9.18 Å². The lowest BCUT2D eigenvalue weighted by molar-refractivity contribution is -0.113. The summed E-state index contributed by atoms with van der Waals surface area (Å²) in [6, 6.07) is 14.0. The standard InChI is InChI=1S/C14H11FINOS/c15-10-6-7-13(12(16)8-10)17-14(18)9-19-11-4-2-1-3-5-11/h1-8H,9H2,(H,17,18). The fraction of sp³-hybridized carbons (Fsp3) is 0.0714. The van der Waals surface area contributed by atoms with E-state index in [-0.39, 0.29) is 11.7 Å². The molecule has 0 bridgehead atoms. The van der Waals surface area contributed by atoms with Crippen molar-refractivity contribution in [3.05, 3.63) is 57.9 Å². The summed E-state index contributed by atoms with van der Waals surface area (Å²) >= 11 is 3.47. The summed E-state index contributed by atoms with van der Waals surface area (Å²) in [4.78, 5) is 12.8. The Morgan fingerprint density at radius 3 is 2.63 bits per heavy atom. The summed E-state index contributed by atoms with van der Waals surface area (Å²) < 4.78 is 13.6. The quantitative estimate of drug-likeness (QED) is 0.631. The molecule has 19 heavy (non-hydrogen) atoms. The molecule has 0 unspecified atom stereocenters. The molecule has 2 nitrogen and oxygen atoms in total. The van der Waals surface area contributed by atoms with Gasteiger partial charge in [0.25, 0.3) is 0 Å². The van der Waals surface area contributed by atoms with E-state index in [2.05, 4.69) is 5.32 Å². The van der Waals surface area contributed by atoms with Gasteiger partial charge >= 0.3 is 0 Å². The number of carbonyl (C=O) groups excluding carboxylic acids is 1. The Morgan fingerprint density at radius 1 is 1.21 bits per heavy atom. The number of nitrogens with one attached hydrogen (secondary N) is 1. The molecule has 2 aromatic carbocycles. The molecular formula is C14H11FINOS. The fourth-order valence-corrected chi connectivity index (χ4v) is 2.77. The van der Waals surface area contributed by atoms with Crippen molar-refractivity contribution < 1.29 is 9.18 Å². The minimum absolute atomic E-state index is 0.0987. The molecule has 0 aliphatic rings. The first-order valence-electron chi connectivity index (χ1n) is 5.58. The highest BCUT2D eigenvalue weighted by molar-refractivity contribution is 14.1. The maximum Gasteiger partial charge on any atom is 0.234 e. The molecule has 5 heteroatoms. The summed E-state index contributed by atoms with van der Waals surface area (Å²) in [5.41, 5.74) is 0.640. The average Bonchev–Trinajstić information content (AvgIpc) is 2.41. The van der Waals surface area contributed by atoms with Crippen LogP contribution in [0, 0.1) is 9.39 Å². The first-order chi connectivity index (χ1) is 9.15. The maximum absolute atomic E-state index is 12.9. The number of anilines is 1. The van der Waals surface area contributed by atoms with E-state index in [1.807, 2.05) is 52.9 Å². The lowest BCUT2D eigenvalue weighted by Gasteiger charge is -2.07. The van der Waals surface area contributed by atoms with Crippen LogP contribution in [0.25, 0.3) is 0 Å². The van der Waals surface area contributed by atoms with Crippen LogP contribution in [0.5, 0.6) is 0 Å². The Labute approximate surface area is 128 Å². The van der Waals surface area contributed by atoms with Crippen LogP contribution >= 0.6 is 34.4 Å². The van der Waals surface area contributed by atoms with Gasteiger partial charge in [0.15, 0.2) is 0 Å². The van der Waals surface area contributed by atoms with Gasteiger partial charge in [0, 0.05) is 8.47 Å². The number of hydrogen-bond acceptors (Lipinski definition) is 2. The van der Waals surface area contributed by atoms with Gasteiger partial charge in [-0.05, 0) is 52.9 Å². The van der Waals surface area contributed by atoms with Gasteiger partial charge < -0.3 is 5.32 Å². The Morgan fingerprint density at radius 2 is 1.95 bits per heavy atom. The van der Waals surface area contributed by atoms with Crippen LogP contribution < -0.4 is 5.32 Å². The van der Waals surface area contributed by atoms with Gasteiger partial charge in [-0.25, -0.2) is 4.39 Å². The van der Waals surface area contributed by atoms with Crippen molar-refractivity contribution >= 4 is 45.9 Å². The zero-order chi connectivity index (χ0) is 13.7. The van der Waals surface area contributed by atoms with Crippen LogP contribution in [-0.4, -0.2) is 11.7 Å². The van der Waals surface area contributed by atoms with E-state index in [0.29, 0.717) is 15.0 Å². The van der Waals surface area contributed by atoms with Crippen molar-refractivity contribution in [3.63, 3.8) is 0 Å². The molecule has 0 aliphatic heterocycles. The van der Waals surface area contributed by atoms with E-state index in [1.54, 1.807) is 6.07 Å². The molecule has 0 spiro atoms. The molecule has 2 rings (SSSR count). The number of thioether (sulfide) groups is 1. The summed E-state index contributed by atoms with van der Waals surface area (Å²) in [5, 5.41) is 2.77. The van der Waals surface area contributed by atoms with Crippen LogP contribution in [0.4, 0.5) is 10.1 Å². The topological polar surface area (TPSA) is 29.1 Å². The lowest BCUT2D eigenvalue weighted by atomic mass is 10.3. The van der Waals surface area contributed by atoms with Crippen LogP contribution in [-0.2, 0) is 4.79 Å². The van der Waals surface area contributed by atoms with Crippen molar-refractivity contribution in [2.24, 2.45) is 0 Å². The molecule has 0 saturated heterocycles. The molecule has 0 fully saturated rings. The molecule has 0 aromatic heterocycles. The third-order valence-electron chi connectivity index (χ3n) is 2.32. The lowest BCUT2D eigenvalue weighted by Crippen LogP contribution is -2.14. The van der Waals surface area contributed by atoms with Crippen molar-refractivity contribution in [3.8, 4) is 0 Å². The van der Waals surface area contributed by atoms with Crippen LogP contribution in [0.2, 0.25) is 0 Å². The Kier molecular flexibility index (Phi) is 5.21. The first kappa shape index (κ1) is 14.3. The van der Waals surface area contributed by atoms with Crippen molar-refractivity contribution in [2.75, 3.05) is 11.1 Å².